The van der Waals surface area contributed by atoms with Crippen LogP contribution in [0, 0.1) is 5.92 Å². The minimum atomic E-state index is 0.220. The van der Waals surface area contributed by atoms with E-state index in [2.05, 4.69) is 12.2 Å². The molecule has 3 heteroatoms. The topological polar surface area (TPSA) is 30.5 Å². The summed E-state index contributed by atoms with van der Waals surface area (Å²) in [6.45, 7) is 7.00. The maximum Gasteiger partial charge on any atom is 0.0646 e. The van der Waals surface area contributed by atoms with Gasteiger partial charge < -0.3 is 14.8 Å². The van der Waals surface area contributed by atoms with Gasteiger partial charge in [-0.05, 0) is 32.1 Å². The summed E-state index contributed by atoms with van der Waals surface area (Å²) in [6, 6.07) is 0. The molecule has 2 heterocycles. The standard InChI is InChI=1S/C11H21NO2/c1-11(4-6-14-9-11)12-7-10-3-2-5-13-8-10/h10,12H,2-9H2,1H3. The Hall–Kier alpha value is -0.120. The summed E-state index contributed by atoms with van der Waals surface area (Å²) in [5.74, 6) is 0.709. The average Bonchev–Trinajstić information content (AvgIpc) is 2.65. The van der Waals surface area contributed by atoms with Crippen molar-refractivity contribution in [3.8, 4) is 0 Å². The van der Waals surface area contributed by atoms with Crippen molar-refractivity contribution in [1.29, 1.82) is 0 Å². The molecule has 14 heavy (non-hydrogen) atoms. The second kappa shape index (κ2) is 4.60. The Kier molecular flexibility index (Phi) is 3.42. The molecule has 2 rings (SSSR count). The molecule has 2 saturated heterocycles. The fraction of sp³-hybridized carbons (Fsp3) is 1.00. The highest BCUT2D eigenvalue weighted by Crippen LogP contribution is 2.19. The number of hydrogen-bond acceptors (Lipinski definition) is 3. The molecule has 2 atom stereocenters. The molecule has 1 N–H and O–H groups in total. The zero-order valence-corrected chi connectivity index (χ0v) is 9.05. The van der Waals surface area contributed by atoms with Crippen molar-refractivity contribution in [2.75, 3.05) is 33.0 Å². The predicted molar refractivity (Wildman–Crippen MR) is 55.4 cm³/mol. The third-order valence-corrected chi connectivity index (χ3v) is 3.29. The Morgan fingerprint density at radius 2 is 2.29 bits per heavy atom. The van der Waals surface area contributed by atoms with Crippen LogP contribution in [-0.2, 0) is 9.47 Å². The molecule has 3 nitrogen and oxygen atoms in total. The van der Waals surface area contributed by atoms with E-state index in [9.17, 15) is 0 Å². The Balaban J connectivity index is 1.70. The number of hydrogen-bond donors (Lipinski definition) is 1. The maximum absolute atomic E-state index is 5.46. The van der Waals surface area contributed by atoms with Crippen LogP contribution in [0.4, 0.5) is 0 Å². The van der Waals surface area contributed by atoms with Gasteiger partial charge in [-0.1, -0.05) is 0 Å². The van der Waals surface area contributed by atoms with E-state index in [1.165, 1.54) is 12.8 Å². The Morgan fingerprint density at radius 1 is 1.36 bits per heavy atom. The summed E-state index contributed by atoms with van der Waals surface area (Å²) in [4.78, 5) is 0. The van der Waals surface area contributed by atoms with Gasteiger partial charge in [0.25, 0.3) is 0 Å². The fourth-order valence-corrected chi connectivity index (χ4v) is 2.17. The van der Waals surface area contributed by atoms with Gasteiger partial charge in [0.2, 0.25) is 0 Å². The highest BCUT2D eigenvalue weighted by atomic mass is 16.5. The van der Waals surface area contributed by atoms with Crippen molar-refractivity contribution >= 4 is 0 Å². The SMILES string of the molecule is CC1(NCC2CCCOC2)CCOC1. The van der Waals surface area contributed by atoms with Crippen LogP contribution >= 0.6 is 0 Å². The molecule has 0 spiro atoms. The molecule has 2 fully saturated rings. The lowest BCUT2D eigenvalue weighted by Crippen LogP contribution is -2.46. The van der Waals surface area contributed by atoms with Gasteiger partial charge in [0.05, 0.1) is 13.2 Å². The van der Waals surface area contributed by atoms with Crippen molar-refractivity contribution in [3.05, 3.63) is 0 Å². The molecule has 2 aliphatic rings. The van der Waals surface area contributed by atoms with Crippen molar-refractivity contribution < 1.29 is 9.47 Å². The average molecular weight is 199 g/mol. The van der Waals surface area contributed by atoms with Gasteiger partial charge in [-0.3, -0.25) is 0 Å². The molecule has 0 aromatic carbocycles. The normalized spacial score (nSPS) is 38.8. The van der Waals surface area contributed by atoms with E-state index in [4.69, 9.17) is 9.47 Å². The lowest BCUT2D eigenvalue weighted by Gasteiger charge is -2.29. The first-order valence-electron chi connectivity index (χ1n) is 5.69. The summed E-state index contributed by atoms with van der Waals surface area (Å²) in [7, 11) is 0. The van der Waals surface area contributed by atoms with E-state index >= 15 is 0 Å². The van der Waals surface area contributed by atoms with Crippen LogP contribution < -0.4 is 5.32 Å². The highest BCUT2D eigenvalue weighted by Gasteiger charge is 2.29. The molecule has 0 amide bonds. The van der Waals surface area contributed by atoms with Gasteiger partial charge in [0.15, 0.2) is 0 Å². The molecule has 0 saturated carbocycles. The maximum atomic E-state index is 5.46. The molecule has 0 radical (unpaired) electrons. The molecule has 2 unspecified atom stereocenters. The van der Waals surface area contributed by atoms with Crippen LogP contribution in [0.1, 0.15) is 26.2 Å². The van der Waals surface area contributed by atoms with Gasteiger partial charge in [-0.15, -0.1) is 0 Å². The zero-order chi connectivity index (χ0) is 9.86. The first-order chi connectivity index (χ1) is 6.79. The molecular weight excluding hydrogens is 178 g/mol. The number of nitrogens with one attached hydrogen (secondary N) is 1. The van der Waals surface area contributed by atoms with Crippen LogP contribution in [-0.4, -0.2) is 38.5 Å². The number of ether oxygens (including phenoxy) is 2. The predicted octanol–water partition coefficient (Wildman–Crippen LogP) is 1.18. The summed E-state index contributed by atoms with van der Waals surface area (Å²) in [5, 5.41) is 3.62. The molecule has 0 aliphatic carbocycles. The van der Waals surface area contributed by atoms with Gasteiger partial charge in [-0.25, -0.2) is 0 Å². The van der Waals surface area contributed by atoms with Crippen LogP contribution in [0.2, 0.25) is 0 Å². The molecule has 0 bridgehead atoms. The Morgan fingerprint density at radius 3 is 2.93 bits per heavy atom. The van der Waals surface area contributed by atoms with Gasteiger partial charge in [-0.2, -0.15) is 0 Å². The van der Waals surface area contributed by atoms with Gasteiger partial charge in [0, 0.05) is 25.3 Å². The van der Waals surface area contributed by atoms with E-state index < -0.39 is 0 Å². The van der Waals surface area contributed by atoms with Crippen LogP contribution in [0.15, 0.2) is 0 Å². The summed E-state index contributed by atoms with van der Waals surface area (Å²) in [5.41, 5.74) is 0.220. The summed E-state index contributed by atoms with van der Waals surface area (Å²) >= 11 is 0. The van der Waals surface area contributed by atoms with Gasteiger partial charge in [0.1, 0.15) is 0 Å². The third-order valence-electron chi connectivity index (χ3n) is 3.29. The molecular formula is C11H21NO2. The van der Waals surface area contributed by atoms with Crippen LogP contribution in [0.25, 0.3) is 0 Å². The minimum Gasteiger partial charge on any atom is -0.381 e. The van der Waals surface area contributed by atoms with E-state index in [0.29, 0.717) is 5.92 Å². The second-order valence-corrected chi connectivity index (χ2v) is 4.83. The zero-order valence-electron chi connectivity index (χ0n) is 9.05. The molecule has 2 aliphatic heterocycles. The van der Waals surface area contributed by atoms with E-state index in [1.54, 1.807) is 0 Å². The van der Waals surface area contributed by atoms with Crippen molar-refractivity contribution in [3.63, 3.8) is 0 Å². The van der Waals surface area contributed by atoms with E-state index in [1.807, 2.05) is 0 Å². The second-order valence-electron chi connectivity index (χ2n) is 4.83. The largest absolute Gasteiger partial charge is 0.381 e. The van der Waals surface area contributed by atoms with Crippen LogP contribution in [0.5, 0.6) is 0 Å². The van der Waals surface area contributed by atoms with E-state index in [-0.39, 0.29) is 5.54 Å². The van der Waals surface area contributed by atoms with Crippen molar-refractivity contribution in [1.82, 2.24) is 5.32 Å². The number of rotatable bonds is 3. The lowest BCUT2D eigenvalue weighted by atomic mass is 9.98. The Labute approximate surface area is 86.2 Å². The molecule has 0 aromatic rings. The lowest BCUT2D eigenvalue weighted by molar-refractivity contribution is 0.0511. The highest BCUT2D eigenvalue weighted by molar-refractivity contribution is 4.87. The summed E-state index contributed by atoms with van der Waals surface area (Å²) in [6.07, 6.45) is 3.67. The smallest absolute Gasteiger partial charge is 0.0646 e. The van der Waals surface area contributed by atoms with Crippen LogP contribution in [0.3, 0.4) is 0 Å². The molecule has 82 valence electrons. The summed E-state index contributed by atoms with van der Waals surface area (Å²) < 4.78 is 10.9. The first-order valence-corrected chi connectivity index (χ1v) is 5.69. The monoisotopic (exact) mass is 199 g/mol. The third kappa shape index (κ3) is 2.69. The van der Waals surface area contributed by atoms with E-state index in [0.717, 1.165) is 39.4 Å². The first kappa shape index (κ1) is 10.4. The molecule has 0 aromatic heterocycles. The minimum absolute atomic E-state index is 0.220. The Bertz CT molecular complexity index is 172. The quantitative estimate of drug-likeness (QED) is 0.740. The van der Waals surface area contributed by atoms with Crippen molar-refractivity contribution in [2.24, 2.45) is 5.92 Å². The van der Waals surface area contributed by atoms with Gasteiger partial charge >= 0.3 is 0 Å². The fourth-order valence-electron chi connectivity index (χ4n) is 2.17. The van der Waals surface area contributed by atoms with Crippen molar-refractivity contribution in [2.45, 2.75) is 31.7 Å².